The molecule has 2 aliphatic heterocycles. The number of methoxy groups -OCH3 is 1. The van der Waals surface area contributed by atoms with Crippen molar-refractivity contribution in [1.29, 1.82) is 0 Å². The molecule has 126 valence electrons. The Morgan fingerprint density at radius 3 is 2.64 bits per heavy atom. The average Bonchev–Trinajstić information content (AvgIpc) is 3.03. The van der Waals surface area contributed by atoms with Crippen molar-refractivity contribution < 1.29 is 19.1 Å². The molecule has 0 spiro atoms. The summed E-state index contributed by atoms with van der Waals surface area (Å²) in [5.74, 6) is -0.0103. The van der Waals surface area contributed by atoms with Crippen LogP contribution in [0.25, 0.3) is 0 Å². The fraction of sp³-hybridized carbons (Fsp3) is 0.200. The number of nitrogens with zero attached hydrogens (tertiary/aromatic N) is 1. The maximum absolute atomic E-state index is 12.9. The van der Waals surface area contributed by atoms with Crippen LogP contribution in [0.4, 0.5) is 5.69 Å². The number of hydrogen-bond donors (Lipinski definition) is 0. The fourth-order valence-corrected chi connectivity index (χ4v) is 3.47. The Bertz CT molecular complexity index is 872. The highest BCUT2D eigenvalue weighted by Gasteiger charge is 2.42. The third-order valence-corrected chi connectivity index (χ3v) is 4.63. The van der Waals surface area contributed by atoms with Crippen LogP contribution in [0.3, 0.4) is 0 Å². The Hall–Kier alpha value is -3.08. The van der Waals surface area contributed by atoms with Crippen molar-refractivity contribution in [1.82, 2.24) is 0 Å². The van der Waals surface area contributed by atoms with Crippen molar-refractivity contribution in [3.05, 3.63) is 71.4 Å². The first-order valence-electron chi connectivity index (χ1n) is 8.11. The highest BCUT2D eigenvalue weighted by molar-refractivity contribution is 6.06. The average molecular weight is 335 g/mol. The lowest BCUT2D eigenvalue weighted by molar-refractivity contribution is -0.136. The lowest BCUT2D eigenvalue weighted by Crippen LogP contribution is -2.37. The second-order valence-corrected chi connectivity index (χ2v) is 6.03. The number of amides is 1. The molecule has 0 bridgehead atoms. The summed E-state index contributed by atoms with van der Waals surface area (Å²) in [7, 11) is 1.59. The van der Waals surface area contributed by atoms with Crippen LogP contribution in [-0.4, -0.2) is 25.6 Å². The van der Waals surface area contributed by atoms with E-state index >= 15 is 0 Å². The molecule has 0 fully saturated rings. The molecule has 0 aromatic heterocycles. The second kappa shape index (κ2) is 6.09. The molecular formula is C20H17NO4. The Kier molecular flexibility index (Phi) is 3.76. The summed E-state index contributed by atoms with van der Waals surface area (Å²) in [6, 6.07) is 16.8. The van der Waals surface area contributed by atoms with Gasteiger partial charge in [-0.1, -0.05) is 30.3 Å². The predicted molar refractivity (Wildman–Crippen MR) is 92.3 cm³/mol. The van der Waals surface area contributed by atoms with Crippen LogP contribution in [0.1, 0.15) is 17.9 Å². The van der Waals surface area contributed by atoms with E-state index in [1.807, 2.05) is 54.6 Å². The van der Waals surface area contributed by atoms with Crippen LogP contribution in [-0.2, 0) is 14.3 Å². The van der Waals surface area contributed by atoms with E-state index in [2.05, 4.69) is 0 Å². The largest absolute Gasteiger partial charge is 0.497 e. The summed E-state index contributed by atoms with van der Waals surface area (Å²) >= 11 is 0. The van der Waals surface area contributed by atoms with E-state index in [1.165, 1.54) is 0 Å². The quantitative estimate of drug-likeness (QED) is 0.809. The van der Waals surface area contributed by atoms with Crippen LogP contribution < -0.4 is 9.64 Å². The van der Waals surface area contributed by atoms with Gasteiger partial charge in [0.2, 0.25) is 5.91 Å². The van der Waals surface area contributed by atoms with Gasteiger partial charge in [-0.25, -0.2) is 4.79 Å². The molecule has 2 aromatic rings. The van der Waals surface area contributed by atoms with E-state index in [4.69, 9.17) is 9.47 Å². The number of benzene rings is 2. The first-order chi connectivity index (χ1) is 12.2. The zero-order chi connectivity index (χ0) is 17.4. The van der Waals surface area contributed by atoms with Gasteiger partial charge in [-0.3, -0.25) is 9.69 Å². The lowest BCUT2D eigenvalue weighted by Gasteiger charge is -2.31. The van der Waals surface area contributed by atoms with Crippen molar-refractivity contribution in [3.63, 3.8) is 0 Å². The number of carbonyl (C=O) groups is 2. The highest BCUT2D eigenvalue weighted by Crippen LogP contribution is 2.42. The minimum Gasteiger partial charge on any atom is -0.497 e. The number of cyclic esters (lactones) is 1. The molecule has 0 radical (unpaired) electrons. The number of carbonyl (C=O) groups excluding carboxylic acids is 2. The van der Waals surface area contributed by atoms with Gasteiger partial charge in [0.25, 0.3) is 0 Å². The van der Waals surface area contributed by atoms with Crippen molar-refractivity contribution in [2.24, 2.45) is 0 Å². The summed E-state index contributed by atoms with van der Waals surface area (Å²) < 4.78 is 10.5. The molecule has 1 unspecified atom stereocenters. The zero-order valence-corrected chi connectivity index (χ0v) is 13.8. The normalized spacial score (nSPS) is 19.7. The van der Waals surface area contributed by atoms with Crippen molar-refractivity contribution in [2.45, 2.75) is 12.3 Å². The van der Waals surface area contributed by atoms with E-state index in [0.717, 1.165) is 11.3 Å². The van der Waals surface area contributed by atoms with Crippen molar-refractivity contribution in [2.75, 3.05) is 18.6 Å². The number of hydrogen-bond acceptors (Lipinski definition) is 4. The smallest absolute Gasteiger partial charge is 0.336 e. The summed E-state index contributed by atoms with van der Waals surface area (Å²) in [6.07, 6.45) is 0.218. The molecule has 2 heterocycles. The number of para-hydroxylation sites is 1. The third kappa shape index (κ3) is 2.58. The van der Waals surface area contributed by atoms with Gasteiger partial charge >= 0.3 is 5.97 Å². The molecule has 1 atom stereocenters. The Morgan fingerprint density at radius 2 is 1.88 bits per heavy atom. The molecule has 1 amide bonds. The first-order valence-corrected chi connectivity index (χ1v) is 8.11. The Balaban J connectivity index is 1.82. The first kappa shape index (κ1) is 15.4. The Labute approximate surface area is 145 Å². The van der Waals surface area contributed by atoms with E-state index < -0.39 is 0 Å². The maximum Gasteiger partial charge on any atom is 0.336 e. The minimum atomic E-state index is -0.351. The van der Waals surface area contributed by atoms with Gasteiger partial charge in [0.1, 0.15) is 12.4 Å². The van der Waals surface area contributed by atoms with Crippen molar-refractivity contribution in [3.8, 4) is 5.75 Å². The van der Waals surface area contributed by atoms with E-state index in [0.29, 0.717) is 17.0 Å². The van der Waals surface area contributed by atoms with Gasteiger partial charge in [-0.2, -0.15) is 0 Å². The number of esters is 1. The maximum atomic E-state index is 12.9. The van der Waals surface area contributed by atoms with Crippen LogP contribution in [0, 0.1) is 0 Å². The topological polar surface area (TPSA) is 55.8 Å². The SMILES string of the molecule is COc1cccc(C2CC(=O)N(c3ccccc3)C3=C2C(=O)OC3)c1. The van der Waals surface area contributed by atoms with E-state index in [1.54, 1.807) is 12.0 Å². The predicted octanol–water partition coefficient (Wildman–Crippen LogP) is 3.03. The molecule has 25 heavy (non-hydrogen) atoms. The van der Waals surface area contributed by atoms with Crippen LogP contribution >= 0.6 is 0 Å². The van der Waals surface area contributed by atoms with Gasteiger partial charge in [0.15, 0.2) is 0 Å². The summed E-state index contributed by atoms with van der Waals surface area (Å²) in [6.45, 7) is 0.120. The Morgan fingerprint density at radius 1 is 1.08 bits per heavy atom. The van der Waals surface area contributed by atoms with E-state index in [9.17, 15) is 9.59 Å². The molecule has 2 aliphatic rings. The lowest BCUT2D eigenvalue weighted by atomic mass is 9.84. The zero-order valence-electron chi connectivity index (χ0n) is 13.8. The number of rotatable bonds is 3. The fourth-order valence-electron chi connectivity index (χ4n) is 3.47. The number of anilines is 1. The molecule has 0 saturated carbocycles. The van der Waals surface area contributed by atoms with Gasteiger partial charge in [-0.05, 0) is 29.8 Å². The molecule has 0 N–H and O–H groups in total. The summed E-state index contributed by atoms with van der Waals surface area (Å²) in [4.78, 5) is 26.9. The van der Waals surface area contributed by atoms with Crippen LogP contribution in [0.15, 0.2) is 65.9 Å². The van der Waals surface area contributed by atoms with Crippen LogP contribution in [0.2, 0.25) is 0 Å². The molecular weight excluding hydrogens is 318 g/mol. The van der Waals surface area contributed by atoms with Gasteiger partial charge in [0.05, 0.1) is 18.4 Å². The highest BCUT2D eigenvalue weighted by atomic mass is 16.5. The standard InChI is InChI=1S/C20H17NO4/c1-24-15-9-5-6-13(10-15)16-11-18(22)21(14-7-3-2-4-8-14)17-12-25-20(23)19(16)17/h2-10,16H,11-12H2,1H3. The summed E-state index contributed by atoms with van der Waals surface area (Å²) in [5.41, 5.74) is 2.84. The van der Waals surface area contributed by atoms with E-state index in [-0.39, 0.29) is 30.8 Å². The van der Waals surface area contributed by atoms with Gasteiger partial charge in [-0.15, -0.1) is 0 Å². The molecule has 4 rings (SSSR count). The molecule has 0 saturated heterocycles. The third-order valence-electron chi connectivity index (χ3n) is 4.63. The molecule has 5 heteroatoms. The molecule has 5 nitrogen and oxygen atoms in total. The summed E-state index contributed by atoms with van der Waals surface area (Å²) in [5, 5.41) is 0. The number of ether oxygens (including phenoxy) is 2. The molecule has 2 aromatic carbocycles. The minimum absolute atomic E-state index is 0.0453. The van der Waals surface area contributed by atoms with Crippen LogP contribution in [0.5, 0.6) is 5.75 Å². The second-order valence-electron chi connectivity index (χ2n) is 6.03. The van der Waals surface area contributed by atoms with Gasteiger partial charge in [0, 0.05) is 18.0 Å². The molecule has 0 aliphatic carbocycles. The monoisotopic (exact) mass is 335 g/mol. The van der Waals surface area contributed by atoms with Crippen molar-refractivity contribution >= 4 is 17.6 Å². The van der Waals surface area contributed by atoms with Gasteiger partial charge < -0.3 is 9.47 Å².